The minimum atomic E-state index is -0.319. The number of nitrogens with one attached hydrogen (secondary N) is 2. The predicted octanol–water partition coefficient (Wildman–Crippen LogP) is 2.20. The highest BCUT2D eigenvalue weighted by Gasteiger charge is 2.09. The third kappa shape index (κ3) is 4.39. The number of carbonyl (C=O) groups excluding carboxylic acids is 2. The van der Waals surface area contributed by atoms with Crippen LogP contribution in [0.15, 0.2) is 47.2 Å². The molecule has 2 N–H and O–H groups in total. The number of pyridine rings is 1. The van der Waals surface area contributed by atoms with Crippen LogP contribution in [0.3, 0.4) is 0 Å². The number of carbonyl (C=O) groups is 2. The number of aryl methyl sites for hydroxylation is 1. The van der Waals surface area contributed by atoms with E-state index in [0.717, 1.165) is 15.6 Å². The molecule has 0 saturated carbocycles. The number of aromatic nitrogens is 1. The zero-order valence-corrected chi connectivity index (χ0v) is 13.7. The molecular weight excluding hydrogens is 346 g/mol. The summed E-state index contributed by atoms with van der Waals surface area (Å²) >= 11 is 3.46. The van der Waals surface area contributed by atoms with E-state index in [2.05, 4.69) is 31.5 Å². The van der Waals surface area contributed by atoms with Gasteiger partial charge < -0.3 is 10.6 Å². The number of amides is 2. The van der Waals surface area contributed by atoms with Crippen molar-refractivity contribution in [3.8, 4) is 0 Å². The van der Waals surface area contributed by atoms with E-state index in [0.29, 0.717) is 12.1 Å². The Labute approximate surface area is 137 Å². The van der Waals surface area contributed by atoms with Gasteiger partial charge >= 0.3 is 0 Å². The third-order valence-electron chi connectivity index (χ3n) is 3.15. The molecular formula is C16H16BrN3O2. The molecule has 1 aromatic heterocycles. The molecule has 0 bridgehead atoms. The van der Waals surface area contributed by atoms with E-state index >= 15 is 0 Å². The van der Waals surface area contributed by atoms with E-state index in [4.69, 9.17) is 0 Å². The van der Waals surface area contributed by atoms with Gasteiger partial charge in [0.15, 0.2) is 0 Å². The second-order valence-corrected chi connectivity index (χ2v) is 5.59. The van der Waals surface area contributed by atoms with Gasteiger partial charge in [-0.15, -0.1) is 0 Å². The van der Waals surface area contributed by atoms with E-state index in [1.54, 1.807) is 18.3 Å². The number of hydrogen-bond acceptors (Lipinski definition) is 3. The first kappa shape index (κ1) is 16.2. The number of hydrogen-bond donors (Lipinski definition) is 2. The zero-order valence-electron chi connectivity index (χ0n) is 12.1. The Balaban J connectivity index is 1.83. The Morgan fingerprint density at radius 1 is 1.18 bits per heavy atom. The van der Waals surface area contributed by atoms with Gasteiger partial charge in [0.05, 0.1) is 12.1 Å². The van der Waals surface area contributed by atoms with Crippen LogP contribution in [0, 0.1) is 6.92 Å². The average molecular weight is 362 g/mol. The Morgan fingerprint density at radius 3 is 2.68 bits per heavy atom. The average Bonchev–Trinajstić information content (AvgIpc) is 2.53. The van der Waals surface area contributed by atoms with E-state index in [-0.39, 0.29) is 18.4 Å². The van der Waals surface area contributed by atoms with Crippen LogP contribution in [0.25, 0.3) is 0 Å². The Hall–Kier alpha value is -2.21. The monoisotopic (exact) mass is 361 g/mol. The molecule has 114 valence electrons. The van der Waals surface area contributed by atoms with Crippen LogP contribution in [-0.2, 0) is 11.3 Å². The number of rotatable bonds is 5. The van der Waals surface area contributed by atoms with Crippen molar-refractivity contribution in [2.75, 3.05) is 6.54 Å². The second kappa shape index (κ2) is 7.70. The van der Waals surface area contributed by atoms with Crippen LogP contribution in [0.5, 0.6) is 0 Å². The Bertz CT molecular complexity index is 654. The van der Waals surface area contributed by atoms with Crippen LogP contribution in [0.4, 0.5) is 0 Å². The first-order valence-corrected chi connectivity index (χ1v) is 7.56. The van der Waals surface area contributed by atoms with Crippen molar-refractivity contribution >= 4 is 27.7 Å². The molecule has 0 spiro atoms. The number of halogens is 1. The molecule has 0 fully saturated rings. The summed E-state index contributed by atoms with van der Waals surface area (Å²) in [6, 6.07) is 9.17. The highest BCUT2D eigenvalue weighted by Crippen LogP contribution is 2.19. The molecule has 6 heteroatoms. The number of benzene rings is 1. The van der Waals surface area contributed by atoms with Gasteiger partial charge in [0.1, 0.15) is 0 Å². The van der Waals surface area contributed by atoms with E-state index in [1.165, 1.54) is 6.20 Å². The lowest BCUT2D eigenvalue weighted by Crippen LogP contribution is -2.36. The maximum atomic E-state index is 11.8. The standard InChI is InChI=1S/C16H16BrN3O2/c1-11-4-2-6-14(17)13(11)9-19-15(21)10-20-16(22)12-5-3-7-18-8-12/h2-8H,9-10H2,1H3,(H,19,21)(H,20,22). The molecule has 2 aromatic rings. The Morgan fingerprint density at radius 2 is 2.00 bits per heavy atom. The molecule has 22 heavy (non-hydrogen) atoms. The second-order valence-electron chi connectivity index (χ2n) is 4.74. The van der Waals surface area contributed by atoms with Crippen molar-refractivity contribution in [3.05, 3.63) is 63.9 Å². The topological polar surface area (TPSA) is 71.1 Å². The van der Waals surface area contributed by atoms with Gasteiger partial charge in [0, 0.05) is 23.4 Å². The summed E-state index contributed by atoms with van der Waals surface area (Å²) in [5.74, 6) is -0.562. The molecule has 1 aromatic carbocycles. The maximum absolute atomic E-state index is 11.8. The minimum absolute atomic E-state index is 0.0722. The molecule has 0 aliphatic rings. The van der Waals surface area contributed by atoms with Crippen molar-refractivity contribution < 1.29 is 9.59 Å². The highest BCUT2D eigenvalue weighted by atomic mass is 79.9. The van der Waals surface area contributed by atoms with Crippen LogP contribution >= 0.6 is 15.9 Å². The molecule has 0 aliphatic heterocycles. The van der Waals surface area contributed by atoms with E-state index < -0.39 is 0 Å². The van der Waals surface area contributed by atoms with Gasteiger partial charge in [0.25, 0.3) is 5.91 Å². The van der Waals surface area contributed by atoms with Gasteiger partial charge in [-0.2, -0.15) is 0 Å². The summed E-state index contributed by atoms with van der Waals surface area (Å²) < 4.78 is 0.951. The maximum Gasteiger partial charge on any atom is 0.253 e. The summed E-state index contributed by atoms with van der Waals surface area (Å²) in [6.45, 7) is 2.32. The van der Waals surface area contributed by atoms with Gasteiger partial charge in [0.2, 0.25) is 5.91 Å². The first-order chi connectivity index (χ1) is 10.6. The summed E-state index contributed by atoms with van der Waals surface area (Å²) in [7, 11) is 0. The molecule has 0 unspecified atom stereocenters. The molecule has 2 rings (SSSR count). The first-order valence-electron chi connectivity index (χ1n) is 6.77. The molecule has 5 nitrogen and oxygen atoms in total. The number of nitrogens with zero attached hydrogens (tertiary/aromatic N) is 1. The van der Waals surface area contributed by atoms with Crippen LogP contribution in [0.2, 0.25) is 0 Å². The lowest BCUT2D eigenvalue weighted by molar-refractivity contribution is -0.120. The minimum Gasteiger partial charge on any atom is -0.350 e. The van der Waals surface area contributed by atoms with Crippen molar-refractivity contribution in [2.45, 2.75) is 13.5 Å². The summed E-state index contributed by atoms with van der Waals surface area (Å²) in [6.07, 6.45) is 3.04. The fraction of sp³-hybridized carbons (Fsp3) is 0.188. The highest BCUT2D eigenvalue weighted by molar-refractivity contribution is 9.10. The van der Waals surface area contributed by atoms with Crippen LogP contribution < -0.4 is 10.6 Å². The quantitative estimate of drug-likeness (QED) is 0.857. The summed E-state index contributed by atoms with van der Waals surface area (Å²) in [5.41, 5.74) is 2.54. The summed E-state index contributed by atoms with van der Waals surface area (Å²) in [5, 5.41) is 5.35. The lowest BCUT2D eigenvalue weighted by atomic mass is 10.1. The van der Waals surface area contributed by atoms with E-state index in [1.807, 2.05) is 25.1 Å². The molecule has 0 atom stereocenters. The van der Waals surface area contributed by atoms with E-state index in [9.17, 15) is 9.59 Å². The molecule has 1 heterocycles. The van der Waals surface area contributed by atoms with Crippen molar-refractivity contribution in [2.24, 2.45) is 0 Å². The van der Waals surface area contributed by atoms with Crippen molar-refractivity contribution in [1.82, 2.24) is 15.6 Å². The normalized spacial score (nSPS) is 10.1. The Kier molecular flexibility index (Phi) is 5.66. The lowest BCUT2D eigenvalue weighted by Gasteiger charge is -2.10. The largest absolute Gasteiger partial charge is 0.350 e. The smallest absolute Gasteiger partial charge is 0.253 e. The van der Waals surface area contributed by atoms with Gasteiger partial charge in [-0.1, -0.05) is 28.1 Å². The van der Waals surface area contributed by atoms with Gasteiger partial charge in [-0.25, -0.2) is 0 Å². The molecule has 2 amide bonds. The van der Waals surface area contributed by atoms with Gasteiger partial charge in [-0.05, 0) is 36.2 Å². The fourth-order valence-electron chi connectivity index (χ4n) is 1.90. The molecule has 0 saturated heterocycles. The van der Waals surface area contributed by atoms with Crippen molar-refractivity contribution in [3.63, 3.8) is 0 Å². The van der Waals surface area contributed by atoms with Crippen LogP contribution in [-0.4, -0.2) is 23.3 Å². The molecule has 0 radical (unpaired) electrons. The summed E-state index contributed by atoms with van der Waals surface area (Å²) in [4.78, 5) is 27.5. The van der Waals surface area contributed by atoms with Crippen molar-refractivity contribution in [1.29, 1.82) is 0 Å². The fourth-order valence-corrected chi connectivity index (χ4v) is 2.51. The van der Waals surface area contributed by atoms with Gasteiger partial charge in [-0.3, -0.25) is 14.6 Å². The van der Waals surface area contributed by atoms with Crippen LogP contribution in [0.1, 0.15) is 21.5 Å². The predicted molar refractivity (Wildman–Crippen MR) is 87.3 cm³/mol. The SMILES string of the molecule is Cc1cccc(Br)c1CNC(=O)CNC(=O)c1cccnc1. The third-order valence-corrected chi connectivity index (χ3v) is 3.89. The zero-order chi connectivity index (χ0) is 15.9. The molecule has 0 aliphatic carbocycles.